The highest BCUT2D eigenvalue weighted by Gasteiger charge is 2.30. The zero-order chi connectivity index (χ0) is 30.8. The number of alkyl halides is 2. The van der Waals surface area contributed by atoms with Gasteiger partial charge in [0.2, 0.25) is 11.8 Å². The molecule has 0 spiro atoms. The zero-order valence-electron chi connectivity index (χ0n) is 24.2. The van der Waals surface area contributed by atoms with Crippen molar-refractivity contribution in [3.8, 4) is 17.0 Å². The molecular formula is C33H30F3N5O3. The Balaban J connectivity index is 1.13. The minimum absolute atomic E-state index is 0.0600. The average molecular weight is 602 g/mol. The summed E-state index contributed by atoms with van der Waals surface area (Å²) in [5.74, 6) is -3.66. The highest BCUT2D eigenvalue weighted by atomic mass is 19.3. The molecule has 1 aliphatic carbocycles. The van der Waals surface area contributed by atoms with Gasteiger partial charge in [0.1, 0.15) is 11.6 Å². The van der Waals surface area contributed by atoms with Gasteiger partial charge >= 0.3 is 0 Å². The number of carbonyl (C=O) groups excluding carboxylic acids is 1. The van der Waals surface area contributed by atoms with Gasteiger partial charge in [0, 0.05) is 44.4 Å². The minimum Gasteiger partial charge on any atom is -0.481 e. The molecule has 0 radical (unpaired) electrons. The Morgan fingerprint density at radius 3 is 2.48 bits per heavy atom. The number of morpholine rings is 1. The monoisotopic (exact) mass is 601 g/mol. The topological polar surface area (TPSA) is 89.5 Å². The molecule has 1 N–H and O–H groups in total. The van der Waals surface area contributed by atoms with E-state index in [4.69, 9.17) is 9.47 Å². The fraction of sp³-hybridized carbons (Fsp3) is 0.273. The summed E-state index contributed by atoms with van der Waals surface area (Å²) in [5, 5.41) is 2.51. The van der Waals surface area contributed by atoms with E-state index in [2.05, 4.69) is 37.3 Å². The number of aromatic nitrogens is 3. The van der Waals surface area contributed by atoms with Crippen LogP contribution in [0.2, 0.25) is 0 Å². The molecule has 0 unspecified atom stereocenters. The Morgan fingerprint density at radius 2 is 1.77 bits per heavy atom. The van der Waals surface area contributed by atoms with E-state index >= 15 is 4.39 Å². The fourth-order valence-electron chi connectivity index (χ4n) is 5.35. The number of benzene rings is 1. The standard InChI is InChI=1S/C33H30F3N5O3/c1-33(35,36)27-16-26(19-39-32(27)43-2)40-31(42)15-21-4-3-20(13-28(21)34)25-12-24-11-23(14-29(24)37-18-25)22-5-6-30(38-17-22)41-7-9-44-10-8-41/h3-6,11-13,16-19H,7-10,14-15H2,1-2H3,(H,40,42). The second-order valence-electron chi connectivity index (χ2n) is 10.8. The maximum atomic E-state index is 15.1. The summed E-state index contributed by atoms with van der Waals surface area (Å²) in [6.07, 6.45) is 7.29. The molecule has 0 saturated carbocycles. The lowest BCUT2D eigenvalue weighted by Crippen LogP contribution is -2.36. The van der Waals surface area contributed by atoms with Crippen LogP contribution < -0.4 is 15.0 Å². The molecule has 1 saturated heterocycles. The smallest absolute Gasteiger partial charge is 0.275 e. The van der Waals surface area contributed by atoms with Crippen molar-refractivity contribution in [2.24, 2.45) is 0 Å². The van der Waals surface area contributed by atoms with Gasteiger partial charge in [-0.2, -0.15) is 0 Å². The normalized spacial score (nSPS) is 14.7. The number of halogens is 3. The predicted octanol–water partition coefficient (Wildman–Crippen LogP) is 5.91. The lowest BCUT2D eigenvalue weighted by molar-refractivity contribution is -0.115. The Labute approximate surface area is 252 Å². The average Bonchev–Trinajstić information content (AvgIpc) is 3.46. The summed E-state index contributed by atoms with van der Waals surface area (Å²) >= 11 is 0. The van der Waals surface area contributed by atoms with E-state index in [1.807, 2.05) is 18.3 Å². The fourth-order valence-corrected chi connectivity index (χ4v) is 5.35. The number of methoxy groups -OCH3 is 1. The molecule has 4 aromatic rings. The molecule has 11 heteroatoms. The number of pyridine rings is 3. The van der Waals surface area contributed by atoms with Gasteiger partial charge in [-0.15, -0.1) is 0 Å². The van der Waals surface area contributed by atoms with Crippen LogP contribution in [0.1, 0.15) is 34.9 Å². The van der Waals surface area contributed by atoms with Crippen molar-refractivity contribution < 1.29 is 27.4 Å². The number of carbonyl (C=O) groups is 1. The molecule has 1 aromatic carbocycles. The van der Waals surface area contributed by atoms with E-state index in [9.17, 15) is 13.6 Å². The van der Waals surface area contributed by atoms with Crippen LogP contribution in [0.25, 0.3) is 22.8 Å². The number of nitrogens with zero attached hydrogens (tertiary/aromatic N) is 4. The van der Waals surface area contributed by atoms with Crippen LogP contribution in [0, 0.1) is 5.82 Å². The van der Waals surface area contributed by atoms with Crippen molar-refractivity contribution in [3.63, 3.8) is 0 Å². The van der Waals surface area contributed by atoms with Crippen molar-refractivity contribution in [2.45, 2.75) is 25.7 Å². The summed E-state index contributed by atoms with van der Waals surface area (Å²) in [5.41, 5.74) is 5.17. The molecule has 3 aromatic heterocycles. The number of hydrogen-bond donors (Lipinski definition) is 1. The second-order valence-corrected chi connectivity index (χ2v) is 10.8. The number of ether oxygens (including phenoxy) is 2. The number of nitrogens with one attached hydrogen (secondary N) is 1. The minimum atomic E-state index is -3.23. The van der Waals surface area contributed by atoms with Crippen molar-refractivity contribution in [3.05, 3.63) is 94.8 Å². The third-order valence-corrected chi connectivity index (χ3v) is 7.68. The Morgan fingerprint density at radius 1 is 1.00 bits per heavy atom. The van der Waals surface area contributed by atoms with Crippen molar-refractivity contribution in [1.82, 2.24) is 15.0 Å². The highest BCUT2D eigenvalue weighted by molar-refractivity contribution is 5.92. The Hall–Kier alpha value is -4.77. The molecule has 0 atom stereocenters. The molecule has 6 rings (SSSR count). The van der Waals surface area contributed by atoms with E-state index in [0.29, 0.717) is 32.1 Å². The van der Waals surface area contributed by atoms with Crippen molar-refractivity contribution in [2.75, 3.05) is 43.6 Å². The van der Waals surface area contributed by atoms with Gasteiger partial charge in [0.05, 0.1) is 49.9 Å². The van der Waals surface area contributed by atoms with Crippen LogP contribution in [0.4, 0.5) is 24.7 Å². The molecule has 1 amide bonds. The number of amides is 1. The number of hydrogen-bond acceptors (Lipinski definition) is 7. The first kappa shape index (κ1) is 29.3. The lowest BCUT2D eigenvalue weighted by atomic mass is 10.0. The summed E-state index contributed by atoms with van der Waals surface area (Å²) in [6, 6.07) is 11.8. The molecule has 44 heavy (non-hydrogen) atoms. The summed E-state index contributed by atoms with van der Waals surface area (Å²) < 4.78 is 53.3. The van der Waals surface area contributed by atoms with E-state index < -0.39 is 23.2 Å². The summed E-state index contributed by atoms with van der Waals surface area (Å²) in [7, 11) is 1.24. The highest BCUT2D eigenvalue weighted by Crippen LogP contribution is 2.35. The lowest BCUT2D eigenvalue weighted by Gasteiger charge is -2.27. The Kier molecular flexibility index (Phi) is 8.05. The molecule has 226 valence electrons. The van der Waals surface area contributed by atoms with Gasteiger partial charge in [-0.05, 0) is 64.2 Å². The number of allylic oxidation sites excluding steroid dienone is 1. The molecular weight excluding hydrogens is 571 g/mol. The van der Waals surface area contributed by atoms with Gasteiger partial charge in [-0.3, -0.25) is 9.78 Å². The molecule has 1 fully saturated rings. The first-order valence-electron chi connectivity index (χ1n) is 14.2. The molecule has 8 nitrogen and oxygen atoms in total. The maximum Gasteiger partial charge on any atom is 0.275 e. The summed E-state index contributed by atoms with van der Waals surface area (Å²) in [4.78, 5) is 28.0. The van der Waals surface area contributed by atoms with Gasteiger partial charge in [0.25, 0.3) is 5.92 Å². The van der Waals surface area contributed by atoms with Crippen LogP contribution in [-0.4, -0.2) is 54.3 Å². The third kappa shape index (κ3) is 6.28. The predicted molar refractivity (Wildman–Crippen MR) is 161 cm³/mol. The third-order valence-electron chi connectivity index (χ3n) is 7.68. The van der Waals surface area contributed by atoms with Gasteiger partial charge in [0.15, 0.2) is 0 Å². The first-order valence-corrected chi connectivity index (χ1v) is 14.2. The van der Waals surface area contributed by atoms with Crippen LogP contribution in [0.5, 0.6) is 5.88 Å². The first-order chi connectivity index (χ1) is 21.2. The largest absolute Gasteiger partial charge is 0.481 e. The Bertz CT molecular complexity index is 1730. The van der Waals surface area contributed by atoms with Crippen LogP contribution in [0.15, 0.2) is 61.1 Å². The molecule has 4 heterocycles. The van der Waals surface area contributed by atoms with Gasteiger partial charge in [-0.1, -0.05) is 12.1 Å². The van der Waals surface area contributed by atoms with Crippen LogP contribution in [0.3, 0.4) is 0 Å². The molecule has 1 aliphatic heterocycles. The van der Waals surface area contributed by atoms with E-state index in [1.54, 1.807) is 18.3 Å². The van der Waals surface area contributed by atoms with Gasteiger partial charge < -0.3 is 19.7 Å². The molecule has 0 bridgehead atoms. The van der Waals surface area contributed by atoms with Crippen LogP contribution in [-0.2, 0) is 28.3 Å². The van der Waals surface area contributed by atoms with Crippen LogP contribution >= 0.6 is 0 Å². The second kappa shape index (κ2) is 12.1. The number of rotatable bonds is 8. The van der Waals surface area contributed by atoms with E-state index in [0.717, 1.165) is 52.9 Å². The zero-order valence-corrected chi connectivity index (χ0v) is 24.2. The SMILES string of the molecule is COc1ncc(NC(=O)Cc2ccc(-c3cnc4c(c3)C=C(c3ccc(N5CCOCC5)nc3)C4)cc2F)cc1C(C)(F)F. The summed E-state index contributed by atoms with van der Waals surface area (Å²) in [6.45, 7) is 3.77. The number of fused-ring (bicyclic) bond motifs is 1. The van der Waals surface area contributed by atoms with E-state index in [-0.39, 0.29) is 23.6 Å². The number of anilines is 2. The van der Waals surface area contributed by atoms with Crippen molar-refractivity contribution in [1.29, 1.82) is 0 Å². The quantitative estimate of drug-likeness (QED) is 0.269. The van der Waals surface area contributed by atoms with Crippen molar-refractivity contribution >= 4 is 29.1 Å². The van der Waals surface area contributed by atoms with Gasteiger partial charge in [-0.25, -0.2) is 23.1 Å². The molecule has 2 aliphatic rings. The maximum absolute atomic E-state index is 15.1. The van der Waals surface area contributed by atoms with E-state index in [1.165, 1.54) is 19.4 Å².